The van der Waals surface area contributed by atoms with Gasteiger partial charge in [0.05, 0.1) is 6.54 Å². The number of aromatic hydroxyl groups is 1. The third-order valence-electron chi connectivity index (χ3n) is 4.77. The summed E-state index contributed by atoms with van der Waals surface area (Å²) in [6.45, 7) is 4.11. The van der Waals surface area contributed by atoms with Crippen molar-refractivity contribution in [3.63, 3.8) is 0 Å². The number of aryl methyl sites for hydroxylation is 1. The van der Waals surface area contributed by atoms with Crippen LogP contribution in [-0.2, 0) is 25.8 Å². The Morgan fingerprint density at radius 3 is 2.78 bits per heavy atom. The first kappa shape index (κ1) is 21.5. The standard InChI is InChI=1S/C21H28N4O.HI/c1-2-22-21(24-14-12-17-8-5-6-13-23-17)25-15-19-18-9-4-3-7-16(18)10-11-20(19)26;/h5-6,8,10-11,13,26H,2-4,7,9,12,14-15H2,1H3,(H2,22,24,25);1H. The molecule has 3 rings (SSSR count). The lowest BCUT2D eigenvalue weighted by Crippen LogP contribution is -2.38. The summed E-state index contributed by atoms with van der Waals surface area (Å²) in [4.78, 5) is 9.04. The van der Waals surface area contributed by atoms with E-state index in [-0.39, 0.29) is 24.0 Å². The zero-order chi connectivity index (χ0) is 18.2. The Bertz CT molecular complexity index is 749. The van der Waals surface area contributed by atoms with Gasteiger partial charge in [0, 0.05) is 37.0 Å². The number of hydrogen-bond acceptors (Lipinski definition) is 3. The third kappa shape index (κ3) is 6.09. The number of nitrogens with zero attached hydrogens (tertiary/aromatic N) is 2. The maximum absolute atomic E-state index is 10.3. The number of hydrogen-bond donors (Lipinski definition) is 3. The van der Waals surface area contributed by atoms with Crippen molar-refractivity contribution in [2.24, 2.45) is 4.99 Å². The Morgan fingerprint density at radius 1 is 1.15 bits per heavy atom. The average molecular weight is 480 g/mol. The van der Waals surface area contributed by atoms with E-state index in [1.165, 1.54) is 24.0 Å². The number of benzene rings is 1. The van der Waals surface area contributed by atoms with Crippen LogP contribution in [0, 0.1) is 0 Å². The molecule has 3 N–H and O–H groups in total. The topological polar surface area (TPSA) is 69.5 Å². The lowest BCUT2D eigenvalue weighted by atomic mass is 9.88. The number of aliphatic imine (C=N–C) groups is 1. The highest BCUT2D eigenvalue weighted by Gasteiger charge is 2.16. The molecule has 0 aliphatic heterocycles. The molecule has 27 heavy (non-hydrogen) atoms. The van der Waals surface area contributed by atoms with Crippen molar-refractivity contribution in [2.75, 3.05) is 13.1 Å². The molecule has 5 nitrogen and oxygen atoms in total. The number of fused-ring (bicyclic) bond motifs is 1. The van der Waals surface area contributed by atoms with Crippen molar-refractivity contribution in [2.45, 2.75) is 45.6 Å². The number of guanidine groups is 1. The van der Waals surface area contributed by atoms with Crippen molar-refractivity contribution in [3.05, 3.63) is 58.9 Å². The minimum absolute atomic E-state index is 0. The van der Waals surface area contributed by atoms with Gasteiger partial charge in [-0.2, -0.15) is 0 Å². The molecule has 146 valence electrons. The van der Waals surface area contributed by atoms with E-state index in [2.05, 4.69) is 28.6 Å². The van der Waals surface area contributed by atoms with Gasteiger partial charge in [-0.15, -0.1) is 24.0 Å². The number of nitrogens with one attached hydrogen (secondary N) is 2. The van der Waals surface area contributed by atoms with Crippen molar-refractivity contribution in [1.29, 1.82) is 0 Å². The molecule has 0 amide bonds. The molecule has 1 aliphatic rings. The van der Waals surface area contributed by atoms with E-state index >= 15 is 0 Å². The molecule has 1 heterocycles. The predicted molar refractivity (Wildman–Crippen MR) is 121 cm³/mol. The van der Waals surface area contributed by atoms with Crippen LogP contribution in [-0.4, -0.2) is 29.1 Å². The Hall–Kier alpha value is -1.83. The molecule has 0 spiro atoms. The van der Waals surface area contributed by atoms with Gasteiger partial charge in [0.1, 0.15) is 5.75 Å². The summed E-state index contributed by atoms with van der Waals surface area (Å²) < 4.78 is 0. The highest BCUT2D eigenvalue weighted by Crippen LogP contribution is 2.30. The smallest absolute Gasteiger partial charge is 0.191 e. The number of phenolic OH excluding ortho intramolecular Hbond substituents is 1. The summed E-state index contributed by atoms with van der Waals surface area (Å²) in [5, 5.41) is 16.9. The number of phenols is 1. The molecule has 0 bridgehead atoms. The maximum atomic E-state index is 10.3. The first-order valence-electron chi connectivity index (χ1n) is 9.52. The van der Waals surface area contributed by atoms with E-state index in [0.29, 0.717) is 12.3 Å². The van der Waals surface area contributed by atoms with Gasteiger partial charge in [-0.1, -0.05) is 12.1 Å². The number of aromatic nitrogens is 1. The first-order valence-corrected chi connectivity index (χ1v) is 9.52. The summed E-state index contributed by atoms with van der Waals surface area (Å²) in [6.07, 6.45) is 7.23. The number of rotatable bonds is 6. The Labute approximate surface area is 178 Å². The van der Waals surface area contributed by atoms with Crippen molar-refractivity contribution in [1.82, 2.24) is 15.6 Å². The zero-order valence-electron chi connectivity index (χ0n) is 15.9. The van der Waals surface area contributed by atoms with Crippen LogP contribution < -0.4 is 10.6 Å². The predicted octanol–water partition coefficient (Wildman–Crippen LogP) is 3.58. The maximum Gasteiger partial charge on any atom is 0.191 e. The lowest BCUT2D eigenvalue weighted by Gasteiger charge is -2.20. The van der Waals surface area contributed by atoms with Gasteiger partial charge in [-0.25, -0.2) is 4.99 Å². The normalized spacial score (nSPS) is 13.4. The molecular weight excluding hydrogens is 451 g/mol. The molecule has 0 atom stereocenters. The third-order valence-corrected chi connectivity index (χ3v) is 4.77. The van der Waals surface area contributed by atoms with Crippen LogP contribution in [0.1, 0.15) is 42.1 Å². The van der Waals surface area contributed by atoms with E-state index in [1.54, 1.807) is 0 Å². The van der Waals surface area contributed by atoms with E-state index in [9.17, 15) is 5.11 Å². The summed E-state index contributed by atoms with van der Waals surface area (Å²) >= 11 is 0. The van der Waals surface area contributed by atoms with Crippen molar-refractivity contribution < 1.29 is 5.11 Å². The molecule has 6 heteroatoms. The molecule has 0 fully saturated rings. The molecule has 0 radical (unpaired) electrons. The Kier molecular flexibility index (Phi) is 8.84. The minimum Gasteiger partial charge on any atom is -0.508 e. The molecular formula is C21H29IN4O. The average Bonchev–Trinajstić information content (AvgIpc) is 2.68. The molecule has 0 unspecified atom stereocenters. The van der Waals surface area contributed by atoms with Gasteiger partial charge in [-0.05, 0) is 61.9 Å². The minimum atomic E-state index is 0. The van der Waals surface area contributed by atoms with Crippen LogP contribution >= 0.6 is 24.0 Å². The fraction of sp³-hybridized carbons (Fsp3) is 0.429. The largest absolute Gasteiger partial charge is 0.508 e. The zero-order valence-corrected chi connectivity index (χ0v) is 18.2. The molecule has 0 saturated heterocycles. The van der Waals surface area contributed by atoms with Gasteiger partial charge in [0.15, 0.2) is 5.96 Å². The van der Waals surface area contributed by atoms with Gasteiger partial charge >= 0.3 is 0 Å². The highest BCUT2D eigenvalue weighted by molar-refractivity contribution is 14.0. The van der Waals surface area contributed by atoms with Crippen LogP contribution in [0.15, 0.2) is 41.5 Å². The van der Waals surface area contributed by atoms with E-state index in [4.69, 9.17) is 4.99 Å². The number of halogens is 1. The van der Waals surface area contributed by atoms with Crippen LogP contribution in [0.4, 0.5) is 0 Å². The molecule has 1 aromatic carbocycles. The van der Waals surface area contributed by atoms with E-state index in [0.717, 1.165) is 49.6 Å². The fourth-order valence-corrected chi connectivity index (χ4v) is 3.42. The van der Waals surface area contributed by atoms with Gasteiger partial charge < -0.3 is 15.7 Å². The quantitative estimate of drug-likeness (QED) is 0.336. The van der Waals surface area contributed by atoms with Crippen LogP contribution in [0.3, 0.4) is 0 Å². The van der Waals surface area contributed by atoms with Gasteiger partial charge in [-0.3, -0.25) is 4.98 Å². The summed E-state index contributed by atoms with van der Waals surface area (Å²) in [6, 6.07) is 9.84. The van der Waals surface area contributed by atoms with Crippen LogP contribution in [0.2, 0.25) is 0 Å². The Morgan fingerprint density at radius 2 is 2.00 bits per heavy atom. The van der Waals surface area contributed by atoms with Crippen LogP contribution in [0.5, 0.6) is 5.75 Å². The van der Waals surface area contributed by atoms with Gasteiger partial charge in [0.2, 0.25) is 0 Å². The second-order valence-electron chi connectivity index (χ2n) is 6.60. The van der Waals surface area contributed by atoms with Gasteiger partial charge in [0.25, 0.3) is 0 Å². The second kappa shape index (κ2) is 11.1. The SMILES string of the molecule is CCNC(=NCc1c(O)ccc2c1CCCC2)NCCc1ccccn1.I. The van der Waals surface area contributed by atoms with E-state index < -0.39 is 0 Å². The monoisotopic (exact) mass is 480 g/mol. The fourth-order valence-electron chi connectivity index (χ4n) is 3.42. The highest BCUT2D eigenvalue weighted by atomic mass is 127. The molecule has 1 aromatic heterocycles. The van der Waals surface area contributed by atoms with Crippen molar-refractivity contribution >= 4 is 29.9 Å². The summed E-state index contributed by atoms with van der Waals surface area (Å²) in [5.41, 5.74) is 4.70. The Balaban J connectivity index is 0.00000261. The lowest BCUT2D eigenvalue weighted by molar-refractivity contribution is 0.465. The summed E-state index contributed by atoms with van der Waals surface area (Å²) in [7, 11) is 0. The second-order valence-corrected chi connectivity index (χ2v) is 6.60. The molecule has 2 aromatic rings. The first-order chi connectivity index (χ1) is 12.8. The van der Waals surface area contributed by atoms with Crippen LogP contribution in [0.25, 0.3) is 0 Å². The van der Waals surface area contributed by atoms with E-state index in [1.807, 2.05) is 30.5 Å². The number of pyridine rings is 1. The molecule has 1 aliphatic carbocycles. The summed E-state index contributed by atoms with van der Waals surface area (Å²) in [5.74, 6) is 1.13. The molecule has 0 saturated carbocycles. The van der Waals surface area contributed by atoms with Crippen molar-refractivity contribution in [3.8, 4) is 5.75 Å².